The van der Waals surface area contributed by atoms with Crippen molar-refractivity contribution in [3.8, 4) is 0 Å². The Morgan fingerprint density at radius 3 is 2.67 bits per heavy atom. The summed E-state index contributed by atoms with van der Waals surface area (Å²) in [7, 11) is 2.91. The number of nitrogens with zero attached hydrogens (tertiary/aromatic N) is 4. The van der Waals surface area contributed by atoms with Gasteiger partial charge < -0.3 is 9.45 Å². The Bertz CT molecular complexity index is 832. The second kappa shape index (κ2) is 6.22. The van der Waals surface area contributed by atoms with Crippen LogP contribution in [0, 0.1) is 0 Å². The first-order valence-corrected chi connectivity index (χ1v) is 8.92. The number of hydrogen-bond donors (Lipinski definition) is 1. The highest BCUT2D eigenvalue weighted by molar-refractivity contribution is 7.90. The standard InChI is InChI=1S/C13H12F3N5OS2/c1-21(2)11-10(13(14,15)16)9(17-6-18-11)5-24(22)12-19-7-3-23-4-8(7)20-12/h3-4,6H,5H2,1-2H3,(H,19,20). The van der Waals surface area contributed by atoms with Gasteiger partial charge in [-0.2, -0.15) is 18.2 Å². The summed E-state index contributed by atoms with van der Waals surface area (Å²) in [5.74, 6) is -0.665. The number of thiophene rings is 1. The van der Waals surface area contributed by atoms with Crippen LogP contribution in [0.25, 0.3) is 11.0 Å². The number of hydrogen-bond acceptors (Lipinski definition) is 6. The summed E-state index contributed by atoms with van der Waals surface area (Å²) in [6.45, 7) is 0. The third-order valence-electron chi connectivity index (χ3n) is 3.20. The van der Waals surface area contributed by atoms with E-state index in [1.807, 2.05) is 0 Å². The van der Waals surface area contributed by atoms with Crippen molar-refractivity contribution < 1.29 is 17.7 Å². The van der Waals surface area contributed by atoms with E-state index in [9.17, 15) is 17.7 Å². The van der Waals surface area contributed by atoms with Gasteiger partial charge in [-0.15, -0.1) is 11.3 Å². The Hall–Kier alpha value is -1.85. The van der Waals surface area contributed by atoms with Gasteiger partial charge in [0, 0.05) is 36.0 Å². The Kier molecular flexibility index (Phi) is 4.40. The van der Waals surface area contributed by atoms with Gasteiger partial charge >= 0.3 is 11.3 Å². The maximum Gasteiger partial charge on any atom is 0.421 e. The molecule has 0 saturated heterocycles. The molecule has 0 amide bonds. The summed E-state index contributed by atoms with van der Waals surface area (Å²) < 4.78 is 52.7. The number of anilines is 1. The molecule has 0 radical (unpaired) electrons. The fraction of sp³-hybridized carbons (Fsp3) is 0.308. The normalized spacial score (nSPS) is 13.4. The Morgan fingerprint density at radius 2 is 2.04 bits per heavy atom. The zero-order valence-corrected chi connectivity index (χ0v) is 14.2. The van der Waals surface area contributed by atoms with Crippen LogP contribution in [-0.4, -0.2) is 38.6 Å². The summed E-state index contributed by atoms with van der Waals surface area (Å²) >= 11 is -0.356. The maximum absolute atomic E-state index is 13.4. The van der Waals surface area contributed by atoms with Crippen LogP contribution >= 0.6 is 11.3 Å². The minimum absolute atomic E-state index is 0.130. The summed E-state index contributed by atoms with van der Waals surface area (Å²) in [5.41, 5.74) is 0.0432. The average Bonchev–Trinajstić information content (AvgIpc) is 3.06. The van der Waals surface area contributed by atoms with Crippen molar-refractivity contribution in [2.24, 2.45) is 0 Å². The van der Waals surface area contributed by atoms with Gasteiger partial charge in [0.2, 0.25) is 0 Å². The molecule has 0 aromatic carbocycles. The maximum atomic E-state index is 13.4. The van der Waals surface area contributed by atoms with Crippen LogP contribution in [-0.2, 0) is 23.1 Å². The van der Waals surface area contributed by atoms with Gasteiger partial charge in [0.1, 0.15) is 28.9 Å². The molecule has 0 saturated carbocycles. The molecular weight excluding hydrogens is 363 g/mol. The number of halogens is 3. The van der Waals surface area contributed by atoms with Crippen LogP contribution in [0.5, 0.6) is 0 Å². The molecule has 0 spiro atoms. The van der Waals surface area contributed by atoms with E-state index >= 15 is 0 Å². The molecule has 128 valence electrons. The van der Waals surface area contributed by atoms with Crippen LogP contribution in [0.1, 0.15) is 11.3 Å². The second-order valence-electron chi connectivity index (χ2n) is 5.11. The monoisotopic (exact) mass is 375 g/mol. The van der Waals surface area contributed by atoms with E-state index in [2.05, 4.69) is 19.9 Å². The lowest BCUT2D eigenvalue weighted by molar-refractivity contribution is -0.138. The van der Waals surface area contributed by atoms with Gasteiger partial charge in [-0.05, 0) is 0 Å². The molecule has 1 unspecified atom stereocenters. The van der Waals surface area contributed by atoms with Crippen molar-refractivity contribution in [3.05, 3.63) is 28.3 Å². The summed E-state index contributed by atoms with van der Waals surface area (Å²) in [5, 5.41) is 3.69. The smallest absolute Gasteiger partial charge is 0.421 e. The zero-order chi connectivity index (χ0) is 17.5. The largest absolute Gasteiger partial charge is 0.609 e. The number of alkyl halides is 3. The van der Waals surface area contributed by atoms with Gasteiger partial charge in [-0.25, -0.2) is 9.97 Å². The van der Waals surface area contributed by atoms with E-state index in [1.165, 1.54) is 30.3 Å². The number of aromatic nitrogens is 4. The van der Waals surface area contributed by atoms with Crippen LogP contribution in [0.2, 0.25) is 0 Å². The molecule has 6 nitrogen and oxygen atoms in total. The van der Waals surface area contributed by atoms with E-state index in [1.54, 1.807) is 10.8 Å². The molecule has 0 aliphatic carbocycles. The fourth-order valence-corrected chi connectivity index (χ4v) is 3.89. The molecule has 0 fully saturated rings. The highest BCUT2D eigenvalue weighted by atomic mass is 32.2. The van der Waals surface area contributed by atoms with Gasteiger partial charge in [-0.3, -0.25) is 4.98 Å². The summed E-state index contributed by atoms with van der Waals surface area (Å²) in [4.78, 5) is 15.6. The third kappa shape index (κ3) is 3.19. The van der Waals surface area contributed by atoms with Crippen LogP contribution in [0.4, 0.5) is 19.0 Å². The van der Waals surface area contributed by atoms with Crippen LogP contribution in [0.15, 0.2) is 22.2 Å². The second-order valence-corrected chi connectivity index (χ2v) is 7.22. The minimum atomic E-state index is -4.65. The highest BCUT2D eigenvalue weighted by Gasteiger charge is 2.40. The number of rotatable bonds is 4. The molecule has 3 aromatic rings. The van der Waals surface area contributed by atoms with Gasteiger partial charge in [-0.1, -0.05) is 0 Å². The van der Waals surface area contributed by atoms with E-state index in [-0.39, 0.29) is 16.7 Å². The van der Waals surface area contributed by atoms with E-state index in [0.29, 0.717) is 11.0 Å². The topological polar surface area (TPSA) is 80.8 Å². The Morgan fingerprint density at radius 1 is 1.29 bits per heavy atom. The quantitative estimate of drug-likeness (QED) is 0.709. The molecule has 11 heteroatoms. The lowest BCUT2D eigenvalue weighted by Crippen LogP contribution is -2.22. The van der Waals surface area contributed by atoms with Gasteiger partial charge in [0.05, 0.1) is 5.52 Å². The highest BCUT2D eigenvalue weighted by Crippen LogP contribution is 2.37. The zero-order valence-electron chi connectivity index (χ0n) is 12.6. The minimum Gasteiger partial charge on any atom is -0.609 e. The van der Waals surface area contributed by atoms with E-state index in [0.717, 1.165) is 6.33 Å². The first-order chi connectivity index (χ1) is 11.3. The first kappa shape index (κ1) is 17.0. The number of aromatic amines is 1. The Balaban J connectivity index is 1.97. The van der Waals surface area contributed by atoms with Crippen LogP contribution in [0.3, 0.4) is 0 Å². The lowest BCUT2D eigenvalue weighted by Gasteiger charge is -2.20. The third-order valence-corrected chi connectivity index (χ3v) is 5.09. The number of imidazole rings is 1. The van der Waals surface area contributed by atoms with Gasteiger partial charge in [0.15, 0.2) is 5.75 Å². The van der Waals surface area contributed by atoms with Crippen LogP contribution < -0.4 is 4.90 Å². The summed E-state index contributed by atoms with van der Waals surface area (Å²) in [6, 6.07) is 0. The van der Waals surface area contributed by atoms with Crippen molar-refractivity contribution in [1.29, 1.82) is 0 Å². The van der Waals surface area contributed by atoms with Gasteiger partial charge in [0.25, 0.3) is 0 Å². The average molecular weight is 375 g/mol. The first-order valence-electron chi connectivity index (χ1n) is 6.66. The van der Waals surface area contributed by atoms with E-state index in [4.69, 9.17) is 0 Å². The molecule has 0 aliphatic heterocycles. The molecule has 0 bridgehead atoms. The number of fused-ring (bicyclic) bond motifs is 1. The molecule has 0 aliphatic rings. The molecule has 3 heterocycles. The van der Waals surface area contributed by atoms with E-state index < -0.39 is 28.7 Å². The molecule has 3 rings (SSSR count). The molecule has 24 heavy (non-hydrogen) atoms. The van der Waals surface area contributed by atoms with Crippen molar-refractivity contribution in [2.45, 2.75) is 17.1 Å². The Labute approximate surface area is 141 Å². The summed E-state index contributed by atoms with van der Waals surface area (Å²) in [6.07, 6.45) is -3.61. The SMILES string of the molecule is CN(C)c1ncnc(C[S+]([O-])c2nc3cscc3[nH]2)c1C(F)(F)F. The van der Waals surface area contributed by atoms with Crippen molar-refractivity contribution in [3.63, 3.8) is 0 Å². The lowest BCUT2D eigenvalue weighted by atomic mass is 10.2. The number of nitrogens with one attached hydrogen (secondary N) is 1. The fourth-order valence-electron chi connectivity index (χ4n) is 2.17. The predicted octanol–water partition coefficient (Wildman–Crippen LogP) is 2.81. The molecular formula is C13H12F3N5OS2. The van der Waals surface area contributed by atoms with Crippen molar-refractivity contribution in [2.75, 3.05) is 19.0 Å². The predicted molar refractivity (Wildman–Crippen MR) is 85.4 cm³/mol. The van der Waals surface area contributed by atoms with Crippen molar-refractivity contribution in [1.82, 2.24) is 19.9 Å². The van der Waals surface area contributed by atoms with Crippen molar-refractivity contribution >= 4 is 39.4 Å². The molecule has 1 atom stereocenters. The molecule has 3 aromatic heterocycles. The molecule has 1 N–H and O–H groups in total. The number of H-pyrrole nitrogens is 1.